The normalized spacial score (nSPS) is 10.6. The van der Waals surface area contributed by atoms with Crippen LogP contribution in [0.15, 0.2) is 91.5 Å². The van der Waals surface area contributed by atoms with Gasteiger partial charge in [-0.25, -0.2) is 4.39 Å². The van der Waals surface area contributed by atoms with Crippen LogP contribution >= 0.6 is 0 Å². The first-order chi connectivity index (χ1) is 16.7. The zero-order valence-electron chi connectivity index (χ0n) is 19.9. The Labute approximate surface area is 203 Å². The minimum atomic E-state index is -0.0990. The van der Waals surface area contributed by atoms with Crippen LogP contribution in [0.1, 0.15) is 53.1 Å². The fraction of sp³-hybridized carbons (Fsp3) is 0.212. The predicted octanol–water partition coefficient (Wildman–Crippen LogP) is 8.24. The summed E-state index contributed by atoms with van der Waals surface area (Å²) in [4.78, 5) is 0. The van der Waals surface area contributed by atoms with E-state index in [1.807, 2.05) is 36.4 Å². The Morgan fingerprint density at radius 2 is 1.29 bits per heavy atom. The molecule has 0 atom stereocenters. The Balaban J connectivity index is 1.38. The lowest BCUT2D eigenvalue weighted by Crippen LogP contribution is -1.92. The lowest BCUT2D eigenvalue weighted by molar-refractivity contribution is 0.619. The van der Waals surface area contributed by atoms with Gasteiger partial charge in [0.2, 0.25) is 0 Å². The van der Waals surface area contributed by atoms with Crippen LogP contribution in [-0.2, 0) is 25.7 Å². The van der Waals surface area contributed by atoms with Crippen LogP contribution in [0.4, 0.5) is 4.39 Å². The molecule has 4 aromatic rings. The Morgan fingerprint density at radius 3 is 1.94 bits per heavy atom. The van der Waals surface area contributed by atoms with Crippen LogP contribution in [0.25, 0.3) is 10.8 Å². The first kappa shape index (κ1) is 23.5. The molecule has 0 aliphatic carbocycles. The Morgan fingerprint density at radius 1 is 0.706 bits per heavy atom. The summed E-state index contributed by atoms with van der Waals surface area (Å²) in [5, 5.41) is 1.57. The van der Waals surface area contributed by atoms with E-state index in [4.69, 9.17) is 0 Å². The number of rotatable bonds is 8. The summed E-state index contributed by atoms with van der Waals surface area (Å²) in [5.41, 5.74) is 6.71. The molecular formula is C33H31F. The van der Waals surface area contributed by atoms with Gasteiger partial charge < -0.3 is 0 Å². The molecule has 0 amide bonds. The van der Waals surface area contributed by atoms with E-state index in [9.17, 15) is 4.39 Å². The average molecular weight is 447 g/mol. The summed E-state index contributed by atoms with van der Waals surface area (Å²) >= 11 is 0. The Hall–Kier alpha value is -3.63. The molecule has 0 radical (unpaired) electrons. The van der Waals surface area contributed by atoms with E-state index in [0.717, 1.165) is 60.6 Å². The van der Waals surface area contributed by atoms with E-state index in [1.165, 1.54) is 16.7 Å². The number of hydrogen-bond acceptors (Lipinski definition) is 0. The number of benzene rings is 4. The number of allylic oxidation sites excluding steroid dienone is 1. The molecule has 0 aromatic heterocycles. The van der Waals surface area contributed by atoms with Crippen molar-refractivity contribution in [1.29, 1.82) is 0 Å². The minimum Gasteiger partial charge on any atom is -0.206 e. The van der Waals surface area contributed by atoms with E-state index < -0.39 is 0 Å². The maximum atomic E-state index is 14.7. The smallest absolute Gasteiger partial charge is 0.134 e. The predicted molar refractivity (Wildman–Crippen MR) is 143 cm³/mol. The number of halogens is 1. The Bertz CT molecular complexity index is 1320. The van der Waals surface area contributed by atoms with Gasteiger partial charge in [-0.1, -0.05) is 85.9 Å². The summed E-state index contributed by atoms with van der Waals surface area (Å²) in [6.07, 6.45) is 7.79. The van der Waals surface area contributed by atoms with Crippen molar-refractivity contribution in [1.82, 2.24) is 0 Å². The summed E-state index contributed by atoms with van der Waals surface area (Å²) in [7, 11) is 0. The van der Waals surface area contributed by atoms with Gasteiger partial charge in [-0.3, -0.25) is 0 Å². The minimum absolute atomic E-state index is 0.0990. The molecule has 170 valence electrons. The molecule has 4 aromatic carbocycles. The fourth-order valence-corrected chi connectivity index (χ4v) is 4.21. The van der Waals surface area contributed by atoms with Crippen molar-refractivity contribution in [2.24, 2.45) is 0 Å². The standard InChI is InChI=1S/C33H31F/c1-3-5-7-25-8-10-26(11-9-25)12-13-27-14-16-28(17-15-27)18-19-29-20-23-32-31(24-29)22-21-30(6-4-2)33(32)34/h3,8-11,14-17,20-24H,1,4-7,12-13H2,2H3. The fourth-order valence-electron chi connectivity index (χ4n) is 4.21. The Kier molecular flexibility index (Phi) is 7.95. The molecular weight excluding hydrogens is 415 g/mol. The molecule has 34 heavy (non-hydrogen) atoms. The lowest BCUT2D eigenvalue weighted by atomic mass is 10.0. The van der Waals surface area contributed by atoms with Gasteiger partial charge in [-0.2, -0.15) is 0 Å². The van der Waals surface area contributed by atoms with Crippen molar-refractivity contribution in [2.45, 2.75) is 45.4 Å². The molecule has 0 saturated heterocycles. The maximum absolute atomic E-state index is 14.7. The summed E-state index contributed by atoms with van der Waals surface area (Å²) in [5.74, 6) is 6.38. The number of hydrogen-bond donors (Lipinski definition) is 0. The molecule has 4 rings (SSSR count). The topological polar surface area (TPSA) is 0 Å². The zero-order valence-corrected chi connectivity index (χ0v) is 19.9. The largest absolute Gasteiger partial charge is 0.206 e. The van der Waals surface area contributed by atoms with Crippen LogP contribution in [0.5, 0.6) is 0 Å². The van der Waals surface area contributed by atoms with Crippen LogP contribution in [0.2, 0.25) is 0 Å². The highest BCUT2D eigenvalue weighted by Crippen LogP contribution is 2.23. The molecule has 0 heterocycles. The molecule has 0 aliphatic rings. The highest BCUT2D eigenvalue weighted by molar-refractivity contribution is 5.85. The second kappa shape index (κ2) is 11.5. The van der Waals surface area contributed by atoms with Gasteiger partial charge in [0.05, 0.1) is 0 Å². The van der Waals surface area contributed by atoms with Crippen LogP contribution in [0.3, 0.4) is 0 Å². The molecule has 0 aliphatic heterocycles. The van der Waals surface area contributed by atoms with Gasteiger partial charge in [0.25, 0.3) is 0 Å². The van der Waals surface area contributed by atoms with Gasteiger partial charge in [0.15, 0.2) is 0 Å². The third-order valence-corrected chi connectivity index (χ3v) is 6.22. The van der Waals surface area contributed by atoms with Gasteiger partial charge in [-0.05, 0) is 84.0 Å². The third-order valence-electron chi connectivity index (χ3n) is 6.22. The average Bonchev–Trinajstić information content (AvgIpc) is 2.88. The third kappa shape index (κ3) is 6.03. The summed E-state index contributed by atoms with van der Waals surface area (Å²) in [6, 6.07) is 27.0. The second-order valence-electron chi connectivity index (χ2n) is 8.82. The maximum Gasteiger partial charge on any atom is 0.134 e. The molecule has 0 bridgehead atoms. The van der Waals surface area contributed by atoms with E-state index in [2.05, 4.69) is 73.9 Å². The summed E-state index contributed by atoms with van der Waals surface area (Å²) in [6.45, 7) is 5.86. The first-order valence-electron chi connectivity index (χ1n) is 12.2. The molecule has 1 heteroatoms. The number of fused-ring (bicyclic) bond motifs is 1. The highest BCUT2D eigenvalue weighted by Gasteiger charge is 2.07. The first-order valence-corrected chi connectivity index (χ1v) is 12.2. The van der Waals surface area contributed by atoms with Crippen molar-refractivity contribution in [2.75, 3.05) is 0 Å². The van der Waals surface area contributed by atoms with E-state index in [1.54, 1.807) is 0 Å². The molecule has 0 N–H and O–H groups in total. The van der Waals surface area contributed by atoms with Crippen molar-refractivity contribution < 1.29 is 4.39 Å². The van der Waals surface area contributed by atoms with Crippen LogP contribution < -0.4 is 0 Å². The molecule has 0 unspecified atom stereocenters. The molecule has 0 nitrogen and oxygen atoms in total. The SMILES string of the molecule is C=CCCc1ccc(CCc2ccc(C#Cc3ccc4c(F)c(CCC)ccc4c3)cc2)cc1. The van der Waals surface area contributed by atoms with E-state index in [0.29, 0.717) is 5.39 Å². The van der Waals surface area contributed by atoms with E-state index >= 15 is 0 Å². The second-order valence-corrected chi connectivity index (χ2v) is 8.82. The van der Waals surface area contributed by atoms with Crippen molar-refractivity contribution in [3.63, 3.8) is 0 Å². The molecule has 0 spiro atoms. The van der Waals surface area contributed by atoms with Crippen molar-refractivity contribution >= 4 is 10.8 Å². The van der Waals surface area contributed by atoms with E-state index in [-0.39, 0.29) is 5.82 Å². The van der Waals surface area contributed by atoms with Crippen LogP contribution in [0, 0.1) is 17.7 Å². The molecule has 0 fully saturated rings. The van der Waals surface area contributed by atoms with Crippen molar-refractivity contribution in [3.8, 4) is 11.8 Å². The number of aryl methyl sites for hydroxylation is 4. The monoisotopic (exact) mass is 446 g/mol. The molecule has 0 saturated carbocycles. The summed E-state index contributed by atoms with van der Waals surface area (Å²) < 4.78 is 14.7. The van der Waals surface area contributed by atoms with Gasteiger partial charge in [-0.15, -0.1) is 6.58 Å². The van der Waals surface area contributed by atoms with Gasteiger partial charge >= 0.3 is 0 Å². The highest BCUT2D eigenvalue weighted by atomic mass is 19.1. The van der Waals surface area contributed by atoms with Crippen molar-refractivity contribution in [3.05, 3.63) is 131 Å². The van der Waals surface area contributed by atoms with Gasteiger partial charge in [0, 0.05) is 16.5 Å². The van der Waals surface area contributed by atoms with Gasteiger partial charge in [0.1, 0.15) is 5.82 Å². The zero-order chi connectivity index (χ0) is 23.8. The van der Waals surface area contributed by atoms with Crippen LogP contribution in [-0.4, -0.2) is 0 Å². The quantitative estimate of drug-likeness (QED) is 0.189. The lowest BCUT2D eigenvalue weighted by Gasteiger charge is -2.06.